The molecule has 1 saturated heterocycles. The summed E-state index contributed by atoms with van der Waals surface area (Å²) in [5.41, 5.74) is 3.65. The minimum absolute atomic E-state index is 0.0381. The maximum absolute atomic E-state index is 13.4. The lowest BCUT2D eigenvalue weighted by molar-refractivity contribution is -0.138. The number of aromatic nitrogens is 1. The maximum atomic E-state index is 13.4. The molecule has 3 heterocycles. The molecule has 2 aliphatic rings. The number of likely N-dealkylation sites (tertiary alicyclic amines) is 1. The Hall–Kier alpha value is -3.98. The molecular weight excluding hydrogens is 550 g/mol. The summed E-state index contributed by atoms with van der Waals surface area (Å²) in [6.45, 7) is 7.16. The Bertz CT molecular complexity index is 1580. The van der Waals surface area contributed by atoms with Crippen LogP contribution in [0.2, 0.25) is 0 Å². The minimum atomic E-state index is -0.630. The van der Waals surface area contributed by atoms with E-state index in [0.717, 1.165) is 54.3 Å². The van der Waals surface area contributed by atoms with Crippen molar-refractivity contribution >= 4 is 51.3 Å². The fourth-order valence-corrected chi connectivity index (χ4v) is 6.63. The van der Waals surface area contributed by atoms with Crippen molar-refractivity contribution in [3.8, 4) is 5.75 Å². The van der Waals surface area contributed by atoms with Gasteiger partial charge in [-0.25, -0.2) is 9.79 Å². The fraction of sp³-hybridized carbons (Fsp3) is 0.364. The number of aryl methyl sites for hydroxylation is 1. The zero-order chi connectivity index (χ0) is 29.8. The molecule has 0 aliphatic carbocycles. The van der Waals surface area contributed by atoms with Crippen molar-refractivity contribution in [3.63, 3.8) is 0 Å². The first-order chi connectivity index (χ1) is 20.3. The Balaban J connectivity index is 1.55. The second kappa shape index (κ2) is 12.9. The van der Waals surface area contributed by atoms with Crippen molar-refractivity contribution in [2.75, 3.05) is 20.3 Å². The van der Waals surface area contributed by atoms with E-state index in [1.165, 1.54) is 11.8 Å². The number of esters is 1. The summed E-state index contributed by atoms with van der Waals surface area (Å²) >= 11 is 1.22. The second-order valence-electron chi connectivity index (χ2n) is 10.5. The number of carbonyl (C=O) groups is 2. The lowest BCUT2D eigenvalue weighted by Gasteiger charge is -2.33. The molecule has 2 aromatic carbocycles. The summed E-state index contributed by atoms with van der Waals surface area (Å²) < 4.78 is 12.5. The number of methoxy groups -OCH3 is 1. The molecule has 5 rings (SSSR count). The number of piperidine rings is 1. The zero-order valence-corrected chi connectivity index (χ0v) is 25.4. The Morgan fingerprint density at radius 1 is 1.14 bits per heavy atom. The number of rotatable bonds is 8. The van der Waals surface area contributed by atoms with E-state index >= 15 is 0 Å². The molecule has 0 radical (unpaired) electrons. The van der Waals surface area contributed by atoms with Crippen LogP contribution in [0.1, 0.15) is 51.2 Å². The van der Waals surface area contributed by atoms with Crippen LogP contribution in [0.3, 0.4) is 0 Å². The van der Waals surface area contributed by atoms with Crippen LogP contribution in [0.4, 0.5) is 5.69 Å². The normalized spacial score (nSPS) is 19.2. The van der Waals surface area contributed by atoms with Gasteiger partial charge in [0.2, 0.25) is 5.91 Å². The van der Waals surface area contributed by atoms with Crippen LogP contribution in [-0.4, -0.2) is 57.8 Å². The monoisotopic (exact) mass is 587 g/mol. The highest BCUT2D eigenvalue weighted by molar-refractivity contribution is 8.18. The van der Waals surface area contributed by atoms with Gasteiger partial charge in [0.05, 0.1) is 29.8 Å². The zero-order valence-electron chi connectivity index (χ0n) is 24.6. The number of hydrogen-bond acceptors (Lipinski definition) is 7. The summed E-state index contributed by atoms with van der Waals surface area (Å²) in [5.74, 6) is 0.00552. The Morgan fingerprint density at radius 3 is 2.62 bits per heavy atom. The molecule has 42 heavy (non-hydrogen) atoms. The maximum Gasteiger partial charge on any atom is 0.344 e. The molecule has 0 bridgehead atoms. The van der Waals surface area contributed by atoms with Crippen molar-refractivity contribution in [3.05, 3.63) is 76.0 Å². The molecule has 3 aromatic rings. The van der Waals surface area contributed by atoms with E-state index in [1.54, 1.807) is 38.3 Å². The van der Waals surface area contributed by atoms with Crippen molar-refractivity contribution in [2.24, 2.45) is 4.99 Å². The van der Waals surface area contributed by atoms with Gasteiger partial charge in [-0.3, -0.25) is 4.79 Å². The predicted octanol–water partition coefficient (Wildman–Crippen LogP) is 6.81. The van der Waals surface area contributed by atoms with Crippen molar-refractivity contribution in [1.82, 2.24) is 9.47 Å². The lowest BCUT2D eigenvalue weighted by atomic mass is 10.0. The van der Waals surface area contributed by atoms with Crippen LogP contribution in [0.5, 0.6) is 5.75 Å². The fourth-order valence-electron chi connectivity index (χ4n) is 5.60. The third-order valence-corrected chi connectivity index (χ3v) is 8.80. The smallest absolute Gasteiger partial charge is 0.344 e. The third-order valence-electron chi connectivity index (χ3n) is 7.78. The first kappa shape index (κ1) is 29.5. The van der Waals surface area contributed by atoms with E-state index in [4.69, 9.17) is 9.47 Å². The van der Waals surface area contributed by atoms with Gasteiger partial charge in [0.15, 0.2) is 0 Å². The molecule has 9 heteroatoms. The summed E-state index contributed by atoms with van der Waals surface area (Å²) in [4.78, 5) is 33.5. The van der Waals surface area contributed by atoms with Gasteiger partial charge < -0.3 is 24.0 Å². The highest BCUT2D eigenvalue weighted by Gasteiger charge is 2.33. The van der Waals surface area contributed by atoms with Gasteiger partial charge in [-0.1, -0.05) is 36.9 Å². The third kappa shape index (κ3) is 5.97. The molecule has 1 N–H and O–H groups in total. The van der Waals surface area contributed by atoms with Gasteiger partial charge in [0, 0.05) is 29.7 Å². The van der Waals surface area contributed by atoms with Crippen molar-refractivity contribution in [1.29, 1.82) is 0 Å². The quantitative estimate of drug-likeness (QED) is 0.291. The number of aliphatic imine (C=N–C) groups is 1. The number of carbonyl (C=O) groups excluding carboxylic acids is 2. The Labute approximate surface area is 250 Å². The van der Waals surface area contributed by atoms with Crippen LogP contribution in [-0.2, 0) is 27.3 Å². The molecule has 220 valence electrons. The van der Waals surface area contributed by atoms with Crippen molar-refractivity contribution in [2.45, 2.75) is 59.0 Å². The SMILES string of the molecule is CCOC(=O)C1=C(O)/C(=C/c2cn(CC(=O)N3CCCC[C@@H]3C)c3c(CC)cccc23)SC1=Nc1ccc(OC)cc1. The van der Waals surface area contributed by atoms with Crippen molar-refractivity contribution < 1.29 is 24.2 Å². The Kier molecular flexibility index (Phi) is 9.06. The predicted molar refractivity (Wildman–Crippen MR) is 168 cm³/mol. The topological polar surface area (TPSA) is 93.4 Å². The van der Waals surface area contributed by atoms with Crippen LogP contribution < -0.4 is 4.74 Å². The molecule has 8 nitrogen and oxygen atoms in total. The van der Waals surface area contributed by atoms with Gasteiger partial charge in [0.25, 0.3) is 0 Å². The van der Waals surface area contributed by atoms with E-state index < -0.39 is 5.97 Å². The van der Waals surface area contributed by atoms with Gasteiger partial charge >= 0.3 is 5.97 Å². The molecule has 1 atom stereocenters. The number of hydrogen-bond donors (Lipinski definition) is 1. The summed E-state index contributed by atoms with van der Waals surface area (Å²) in [7, 11) is 1.59. The summed E-state index contributed by atoms with van der Waals surface area (Å²) in [6.07, 6.45) is 7.87. The number of ether oxygens (including phenoxy) is 2. The van der Waals surface area contributed by atoms with E-state index in [2.05, 4.69) is 24.9 Å². The lowest BCUT2D eigenvalue weighted by Crippen LogP contribution is -2.43. The number of para-hydroxylation sites is 1. The Morgan fingerprint density at radius 2 is 1.93 bits per heavy atom. The van der Waals surface area contributed by atoms with E-state index in [1.807, 2.05) is 33.9 Å². The highest BCUT2D eigenvalue weighted by Crippen LogP contribution is 2.41. The van der Waals surface area contributed by atoms with Crippen LogP contribution in [0.25, 0.3) is 17.0 Å². The molecule has 0 spiro atoms. The standard InChI is InChI=1S/C33H37N3O5S/c1-5-22-11-9-12-26-23(19-35(30(22)26)20-28(37)36-17-8-7-10-21(36)3)18-27-31(38)29(33(39)41-6-2)32(42-27)34-24-13-15-25(40-4)16-14-24/h9,11-16,18-19,21,38H,5-8,10,17,20H2,1-4H3/b27-18-,34-32?/t21-/m0/s1. The summed E-state index contributed by atoms with van der Waals surface area (Å²) in [5, 5.41) is 12.6. The number of amides is 1. The number of benzene rings is 2. The average molecular weight is 588 g/mol. The molecule has 0 saturated carbocycles. The van der Waals surface area contributed by atoms with Gasteiger partial charge in [-0.2, -0.15) is 0 Å². The number of fused-ring (bicyclic) bond motifs is 1. The number of thioether (sulfide) groups is 1. The number of aliphatic hydroxyl groups is 1. The highest BCUT2D eigenvalue weighted by atomic mass is 32.2. The second-order valence-corrected chi connectivity index (χ2v) is 11.5. The van der Waals surface area contributed by atoms with E-state index in [-0.39, 0.29) is 36.4 Å². The molecule has 1 amide bonds. The average Bonchev–Trinajstić information content (AvgIpc) is 3.49. The number of nitrogens with zero attached hydrogens (tertiary/aromatic N) is 3. The van der Waals surface area contributed by atoms with Gasteiger partial charge in [0.1, 0.15) is 28.7 Å². The van der Waals surface area contributed by atoms with Crippen LogP contribution in [0.15, 0.2) is 69.9 Å². The largest absolute Gasteiger partial charge is 0.506 e. The summed E-state index contributed by atoms with van der Waals surface area (Å²) in [6, 6.07) is 13.5. The number of aliphatic hydroxyl groups excluding tert-OH is 1. The van der Waals surface area contributed by atoms with Crippen LogP contribution >= 0.6 is 11.8 Å². The van der Waals surface area contributed by atoms with Crippen LogP contribution in [0, 0.1) is 0 Å². The molecule has 1 fully saturated rings. The molecular formula is C33H37N3O5S. The molecule has 0 unspecified atom stereocenters. The first-order valence-corrected chi connectivity index (χ1v) is 15.3. The minimum Gasteiger partial charge on any atom is -0.506 e. The van der Waals surface area contributed by atoms with Gasteiger partial charge in [-0.15, -0.1) is 0 Å². The van der Waals surface area contributed by atoms with E-state index in [0.29, 0.717) is 21.4 Å². The molecule has 1 aromatic heterocycles. The molecule has 2 aliphatic heterocycles. The first-order valence-electron chi connectivity index (χ1n) is 14.5. The van der Waals surface area contributed by atoms with Gasteiger partial charge in [-0.05, 0) is 75.4 Å². The van der Waals surface area contributed by atoms with E-state index in [9.17, 15) is 14.7 Å².